The number of hydrogen-bond donors (Lipinski definition) is 0. The fourth-order valence-electron chi connectivity index (χ4n) is 2.05. The van der Waals surface area contributed by atoms with Crippen LogP contribution in [-0.2, 0) is 9.47 Å². The predicted molar refractivity (Wildman–Crippen MR) is 87.2 cm³/mol. The Morgan fingerprint density at radius 2 is 1.91 bits per heavy atom. The number of nitrogens with zero attached hydrogens (tertiary/aromatic N) is 1. The van der Waals surface area contributed by atoms with Gasteiger partial charge in [0.1, 0.15) is 11.3 Å². The molecule has 22 heavy (non-hydrogen) atoms. The van der Waals surface area contributed by atoms with Crippen LogP contribution in [0.5, 0.6) is 0 Å². The number of aromatic nitrogens is 1. The smallest absolute Gasteiger partial charge is 0.419 e. The SMILES string of the molecule is CCOC(=O)c1cc2cc(Br)ccc2n1C(=O)OC(C)(C)C. The third kappa shape index (κ3) is 3.50. The normalized spacial score (nSPS) is 11.5. The standard InChI is InChI=1S/C16H18BrNO4/c1-5-21-14(19)13-9-10-8-11(17)6-7-12(10)18(13)15(20)22-16(2,3)4/h6-9H,5H2,1-4H3. The van der Waals surface area contributed by atoms with Crippen LogP contribution >= 0.6 is 15.9 Å². The van der Waals surface area contributed by atoms with E-state index in [9.17, 15) is 9.59 Å². The molecule has 0 fully saturated rings. The lowest BCUT2D eigenvalue weighted by atomic mass is 10.2. The quantitative estimate of drug-likeness (QED) is 0.739. The molecule has 0 saturated carbocycles. The van der Waals surface area contributed by atoms with Gasteiger partial charge in [0.25, 0.3) is 0 Å². The fourth-order valence-corrected chi connectivity index (χ4v) is 2.42. The molecular weight excluding hydrogens is 350 g/mol. The molecule has 0 spiro atoms. The van der Waals surface area contributed by atoms with Gasteiger partial charge in [-0.05, 0) is 52.0 Å². The molecule has 118 valence electrons. The van der Waals surface area contributed by atoms with Gasteiger partial charge >= 0.3 is 12.1 Å². The van der Waals surface area contributed by atoms with Gasteiger partial charge in [0, 0.05) is 9.86 Å². The lowest BCUT2D eigenvalue weighted by Crippen LogP contribution is -2.29. The van der Waals surface area contributed by atoms with E-state index >= 15 is 0 Å². The Labute approximate surface area is 137 Å². The zero-order valence-corrected chi connectivity index (χ0v) is 14.6. The predicted octanol–water partition coefficient (Wildman–Crippen LogP) is 4.36. The Hall–Kier alpha value is -1.82. The maximum absolute atomic E-state index is 12.5. The van der Waals surface area contributed by atoms with E-state index in [1.807, 2.05) is 6.07 Å². The molecule has 0 amide bonds. The maximum atomic E-state index is 12.5. The van der Waals surface area contributed by atoms with Crippen LogP contribution in [0, 0.1) is 0 Å². The first kappa shape index (κ1) is 16.5. The fraction of sp³-hybridized carbons (Fsp3) is 0.375. The van der Waals surface area contributed by atoms with Crippen molar-refractivity contribution >= 4 is 38.9 Å². The Bertz CT molecular complexity index is 728. The lowest BCUT2D eigenvalue weighted by Gasteiger charge is -2.20. The summed E-state index contributed by atoms with van der Waals surface area (Å²) in [6, 6.07) is 7.02. The second kappa shape index (κ2) is 6.12. The van der Waals surface area contributed by atoms with Crippen molar-refractivity contribution in [3.63, 3.8) is 0 Å². The average molecular weight is 368 g/mol. The van der Waals surface area contributed by atoms with Crippen molar-refractivity contribution in [2.45, 2.75) is 33.3 Å². The first-order valence-corrected chi connectivity index (χ1v) is 7.73. The number of esters is 1. The summed E-state index contributed by atoms with van der Waals surface area (Å²) < 4.78 is 12.5. The van der Waals surface area contributed by atoms with Gasteiger partial charge in [0.2, 0.25) is 0 Å². The molecule has 5 nitrogen and oxygen atoms in total. The summed E-state index contributed by atoms with van der Waals surface area (Å²) in [5.41, 5.74) is 0.0966. The van der Waals surface area contributed by atoms with Crippen molar-refractivity contribution in [1.29, 1.82) is 0 Å². The molecule has 1 aromatic heterocycles. The number of carbonyl (C=O) groups is 2. The van der Waals surface area contributed by atoms with Crippen LogP contribution in [0.2, 0.25) is 0 Å². The number of ether oxygens (including phenoxy) is 2. The van der Waals surface area contributed by atoms with Crippen molar-refractivity contribution in [2.24, 2.45) is 0 Å². The van der Waals surface area contributed by atoms with E-state index in [0.717, 1.165) is 9.86 Å². The van der Waals surface area contributed by atoms with Gasteiger partial charge in [-0.25, -0.2) is 14.2 Å². The first-order chi connectivity index (χ1) is 10.2. The van der Waals surface area contributed by atoms with Crippen LogP contribution in [-0.4, -0.2) is 28.8 Å². The number of halogens is 1. The molecule has 0 saturated heterocycles. The molecule has 0 unspecified atom stereocenters. The van der Waals surface area contributed by atoms with Gasteiger partial charge in [0.05, 0.1) is 12.1 Å². The van der Waals surface area contributed by atoms with Crippen LogP contribution in [0.25, 0.3) is 10.9 Å². The number of rotatable bonds is 2. The Balaban J connectivity index is 2.59. The van der Waals surface area contributed by atoms with E-state index in [2.05, 4.69) is 15.9 Å². The second-order valence-corrected chi connectivity index (χ2v) is 6.68. The highest BCUT2D eigenvalue weighted by molar-refractivity contribution is 9.10. The number of hydrogen-bond acceptors (Lipinski definition) is 4. The van der Waals surface area contributed by atoms with E-state index in [0.29, 0.717) is 5.52 Å². The molecule has 0 aliphatic rings. The summed E-state index contributed by atoms with van der Waals surface area (Å²) in [4.78, 5) is 24.6. The molecule has 2 rings (SSSR count). The van der Waals surface area contributed by atoms with Gasteiger partial charge in [0.15, 0.2) is 0 Å². The Kier molecular flexibility index (Phi) is 4.60. The molecule has 0 bridgehead atoms. The lowest BCUT2D eigenvalue weighted by molar-refractivity contribution is 0.0454. The van der Waals surface area contributed by atoms with Crippen LogP contribution < -0.4 is 0 Å². The third-order valence-corrected chi connectivity index (χ3v) is 3.32. The summed E-state index contributed by atoms with van der Waals surface area (Å²) in [6.07, 6.45) is -0.604. The highest BCUT2D eigenvalue weighted by Crippen LogP contribution is 2.25. The largest absolute Gasteiger partial charge is 0.461 e. The molecular formula is C16H18BrNO4. The third-order valence-electron chi connectivity index (χ3n) is 2.82. The molecule has 0 aliphatic carbocycles. The van der Waals surface area contributed by atoms with Crippen molar-refractivity contribution in [3.8, 4) is 0 Å². The molecule has 6 heteroatoms. The molecule has 0 N–H and O–H groups in total. The molecule has 1 heterocycles. The van der Waals surface area contributed by atoms with E-state index in [-0.39, 0.29) is 12.3 Å². The van der Waals surface area contributed by atoms with Crippen molar-refractivity contribution < 1.29 is 19.1 Å². The van der Waals surface area contributed by atoms with Gasteiger partial charge in [-0.2, -0.15) is 0 Å². The zero-order chi connectivity index (χ0) is 16.5. The van der Waals surface area contributed by atoms with Gasteiger partial charge in [-0.1, -0.05) is 15.9 Å². The first-order valence-electron chi connectivity index (χ1n) is 6.94. The number of fused-ring (bicyclic) bond motifs is 1. The van der Waals surface area contributed by atoms with Crippen molar-refractivity contribution in [3.05, 3.63) is 34.4 Å². The van der Waals surface area contributed by atoms with Gasteiger partial charge in [-0.15, -0.1) is 0 Å². The average Bonchev–Trinajstić information content (AvgIpc) is 2.75. The van der Waals surface area contributed by atoms with E-state index in [1.165, 1.54) is 4.57 Å². The van der Waals surface area contributed by atoms with Crippen LogP contribution in [0.1, 0.15) is 38.2 Å². The molecule has 1 aromatic carbocycles. The minimum absolute atomic E-state index is 0.157. The Morgan fingerprint density at radius 1 is 1.23 bits per heavy atom. The van der Waals surface area contributed by atoms with Gasteiger partial charge in [-0.3, -0.25) is 0 Å². The minimum atomic E-state index is -0.658. The summed E-state index contributed by atoms with van der Waals surface area (Å²) in [5, 5.41) is 0.753. The number of carbonyl (C=O) groups excluding carboxylic acids is 2. The maximum Gasteiger partial charge on any atom is 0.419 e. The summed E-state index contributed by atoms with van der Waals surface area (Å²) in [6.45, 7) is 7.28. The van der Waals surface area contributed by atoms with Gasteiger partial charge < -0.3 is 9.47 Å². The highest BCUT2D eigenvalue weighted by atomic mass is 79.9. The Morgan fingerprint density at radius 3 is 2.50 bits per heavy atom. The summed E-state index contributed by atoms with van der Waals surface area (Å²) in [7, 11) is 0. The van der Waals surface area contributed by atoms with Crippen LogP contribution in [0.4, 0.5) is 4.79 Å². The molecule has 0 atom stereocenters. The summed E-state index contributed by atoms with van der Waals surface area (Å²) in [5.74, 6) is -0.555. The van der Waals surface area contributed by atoms with Crippen LogP contribution in [0.3, 0.4) is 0 Å². The van der Waals surface area contributed by atoms with Crippen molar-refractivity contribution in [1.82, 2.24) is 4.57 Å². The van der Waals surface area contributed by atoms with Crippen LogP contribution in [0.15, 0.2) is 28.7 Å². The van der Waals surface area contributed by atoms with Crippen molar-refractivity contribution in [2.75, 3.05) is 6.61 Å². The highest BCUT2D eigenvalue weighted by Gasteiger charge is 2.25. The summed E-state index contributed by atoms with van der Waals surface area (Å²) >= 11 is 3.38. The van der Waals surface area contributed by atoms with E-state index in [1.54, 1.807) is 45.9 Å². The number of benzene rings is 1. The van der Waals surface area contributed by atoms with E-state index in [4.69, 9.17) is 9.47 Å². The topological polar surface area (TPSA) is 57.5 Å². The second-order valence-electron chi connectivity index (χ2n) is 5.77. The molecule has 0 radical (unpaired) electrons. The minimum Gasteiger partial charge on any atom is -0.461 e. The molecule has 0 aliphatic heterocycles. The zero-order valence-electron chi connectivity index (χ0n) is 13.0. The monoisotopic (exact) mass is 367 g/mol. The van der Waals surface area contributed by atoms with E-state index < -0.39 is 17.7 Å². The molecule has 2 aromatic rings.